The monoisotopic (exact) mass is 253 g/mol. The van der Waals surface area contributed by atoms with Gasteiger partial charge in [0, 0.05) is 0 Å². The topological polar surface area (TPSA) is 75.7 Å². The molecule has 0 aromatic heterocycles. The molecule has 7 heteroatoms. The molecule has 0 saturated heterocycles. The molecule has 0 heterocycles. The Labute approximate surface area is 96.4 Å². The predicted molar refractivity (Wildman–Crippen MR) is 57.7 cm³/mol. The zero-order chi connectivity index (χ0) is 13.0. The average Bonchev–Trinajstić information content (AvgIpc) is 1.99. The van der Waals surface area contributed by atoms with Crippen molar-refractivity contribution in [2.24, 2.45) is 0 Å². The van der Waals surface area contributed by atoms with Crippen LogP contribution in [-0.4, -0.2) is 50.7 Å². The van der Waals surface area contributed by atoms with Crippen molar-refractivity contribution >= 4 is 13.6 Å². The second-order valence-electron chi connectivity index (χ2n) is 4.65. The number of carbonyl (C=O) groups excluding carboxylic acids is 1. The smallest absolute Gasteiger partial charge is 0.268 e. The van der Waals surface area contributed by atoms with Gasteiger partial charge in [-0.3, -0.25) is 9.36 Å². The standard InChI is InChI=1S/C9H20NO5P/c1-8(11)9(2)15-16(12,13)14-7-6-10(3,4)5/h9H,6-7H2,1-5H3. The first-order valence-electron chi connectivity index (χ1n) is 4.98. The third-order valence-corrected chi connectivity index (χ3v) is 2.94. The van der Waals surface area contributed by atoms with E-state index in [1.165, 1.54) is 13.8 Å². The molecule has 0 aliphatic heterocycles. The third kappa shape index (κ3) is 7.96. The van der Waals surface area contributed by atoms with Crippen LogP contribution in [0.1, 0.15) is 13.8 Å². The minimum atomic E-state index is -4.37. The number of nitrogens with zero attached hydrogens (tertiary/aromatic N) is 1. The number of ketones is 1. The van der Waals surface area contributed by atoms with E-state index >= 15 is 0 Å². The van der Waals surface area contributed by atoms with E-state index in [2.05, 4.69) is 9.05 Å². The van der Waals surface area contributed by atoms with Crippen molar-refractivity contribution in [2.45, 2.75) is 20.0 Å². The first-order valence-corrected chi connectivity index (χ1v) is 6.44. The van der Waals surface area contributed by atoms with Gasteiger partial charge in [-0.25, -0.2) is 0 Å². The summed E-state index contributed by atoms with van der Waals surface area (Å²) in [5.74, 6) is -0.355. The van der Waals surface area contributed by atoms with Gasteiger partial charge in [0.2, 0.25) is 0 Å². The molecule has 0 spiro atoms. The first-order chi connectivity index (χ1) is 7.03. The Kier molecular flexibility index (Phi) is 5.79. The molecular weight excluding hydrogens is 233 g/mol. The minimum Gasteiger partial charge on any atom is -0.756 e. The van der Waals surface area contributed by atoms with Gasteiger partial charge in [-0.1, -0.05) is 0 Å². The summed E-state index contributed by atoms with van der Waals surface area (Å²) in [4.78, 5) is 22.1. The molecule has 16 heavy (non-hydrogen) atoms. The molecule has 0 aromatic carbocycles. The number of carbonyl (C=O) groups is 1. The van der Waals surface area contributed by atoms with Crippen LogP contribution in [0.25, 0.3) is 0 Å². The van der Waals surface area contributed by atoms with Crippen molar-refractivity contribution in [1.82, 2.24) is 0 Å². The zero-order valence-corrected chi connectivity index (χ0v) is 11.3. The van der Waals surface area contributed by atoms with Gasteiger partial charge in [0.1, 0.15) is 19.3 Å². The molecule has 0 rings (SSSR count). The summed E-state index contributed by atoms with van der Waals surface area (Å²) in [6, 6.07) is 0. The van der Waals surface area contributed by atoms with Gasteiger partial charge >= 0.3 is 0 Å². The fourth-order valence-electron chi connectivity index (χ4n) is 0.725. The molecule has 0 radical (unpaired) electrons. The molecule has 0 aliphatic rings. The second kappa shape index (κ2) is 5.89. The summed E-state index contributed by atoms with van der Waals surface area (Å²) in [5.41, 5.74) is 0. The lowest BCUT2D eigenvalue weighted by Gasteiger charge is -2.28. The van der Waals surface area contributed by atoms with Gasteiger partial charge in [-0.2, -0.15) is 0 Å². The predicted octanol–water partition coefficient (Wildman–Crippen LogP) is 0.172. The number of Topliss-reactive ketones (excluding diaryl/α,β-unsaturated/α-hetero) is 1. The molecule has 0 saturated carbocycles. The molecule has 0 fully saturated rings. The lowest BCUT2D eigenvalue weighted by molar-refractivity contribution is -0.870. The van der Waals surface area contributed by atoms with Crippen LogP contribution in [0.3, 0.4) is 0 Å². The summed E-state index contributed by atoms with van der Waals surface area (Å²) in [6.07, 6.45) is -0.993. The van der Waals surface area contributed by atoms with Gasteiger partial charge in [0.25, 0.3) is 7.82 Å². The summed E-state index contributed by atoms with van der Waals surface area (Å²) >= 11 is 0. The van der Waals surface area contributed by atoms with E-state index in [0.717, 1.165) is 0 Å². The molecule has 0 aliphatic carbocycles. The fourth-order valence-corrected chi connectivity index (χ4v) is 1.63. The fraction of sp³-hybridized carbons (Fsp3) is 0.889. The van der Waals surface area contributed by atoms with E-state index in [0.29, 0.717) is 11.0 Å². The van der Waals surface area contributed by atoms with Crippen molar-refractivity contribution < 1.29 is 27.8 Å². The maximum atomic E-state index is 11.3. The van der Waals surface area contributed by atoms with Crippen molar-refractivity contribution in [3.8, 4) is 0 Å². The Morgan fingerprint density at radius 2 is 1.94 bits per heavy atom. The lowest BCUT2D eigenvalue weighted by atomic mass is 10.3. The van der Waals surface area contributed by atoms with E-state index in [1.54, 1.807) is 0 Å². The molecule has 2 atom stereocenters. The molecule has 96 valence electrons. The van der Waals surface area contributed by atoms with E-state index in [4.69, 9.17) is 0 Å². The van der Waals surface area contributed by atoms with Crippen LogP contribution in [0.15, 0.2) is 0 Å². The number of likely N-dealkylation sites (N-methyl/N-ethyl adjacent to an activating group) is 1. The van der Waals surface area contributed by atoms with E-state index < -0.39 is 13.9 Å². The Balaban J connectivity index is 4.06. The van der Waals surface area contributed by atoms with Crippen LogP contribution in [-0.2, 0) is 18.4 Å². The highest BCUT2D eigenvalue weighted by Gasteiger charge is 2.18. The van der Waals surface area contributed by atoms with Gasteiger partial charge < -0.3 is 18.4 Å². The molecule has 0 N–H and O–H groups in total. The quantitative estimate of drug-likeness (QED) is 0.477. The molecule has 0 amide bonds. The normalized spacial score (nSPS) is 17.9. The van der Waals surface area contributed by atoms with Crippen molar-refractivity contribution in [3.63, 3.8) is 0 Å². The largest absolute Gasteiger partial charge is 0.756 e. The van der Waals surface area contributed by atoms with Gasteiger partial charge in [-0.05, 0) is 13.8 Å². The third-order valence-electron chi connectivity index (χ3n) is 1.87. The van der Waals surface area contributed by atoms with E-state index in [9.17, 15) is 14.3 Å². The highest BCUT2D eigenvalue weighted by atomic mass is 31.2. The van der Waals surface area contributed by atoms with Crippen LogP contribution in [0.5, 0.6) is 0 Å². The van der Waals surface area contributed by atoms with Crippen molar-refractivity contribution in [3.05, 3.63) is 0 Å². The Hall–Kier alpha value is -0.260. The summed E-state index contributed by atoms with van der Waals surface area (Å²) in [7, 11) is 1.38. The van der Waals surface area contributed by atoms with Gasteiger partial charge in [-0.15, -0.1) is 0 Å². The van der Waals surface area contributed by atoms with Crippen LogP contribution in [0.2, 0.25) is 0 Å². The Morgan fingerprint density at radius 3 is 2.31 bits per heavy atom. The zero-order valence-electron chi connectivity index (χ0n) is 10.4. The SMILES string of the molecule is CC(=O)C(C)OP(=O)([O-])OCC[N+](C)(C)C. The number of phosphoric acid groups is 1. The van der Waals surface area contributed by atoms with Crippen LogP contribution >= 0.6 is 7.82 Å². The van der Waals surface area contributed by atoms with Crippen molar-refractivity contribution in [1.29, 1.82) is 0 Å². The molecule has 2 unspecified atom stereocenters. The second-order valence-corrected chi connectivity index (χ2v) is 6.02. The summed E-state index contributed by atoms with van der Waals surface area (Å²) < 4.78 is 21.0. The first kappa shape index (κ1) is 15.7. The minimum absolute atomic E-state index is 0.0366. The molecular formula is C9H20NO5P. The Bertz CT molecular complexity index is 286. The lowest BCUT2D eigenvalue weighted by Crippen LogP contribution is -2.37. The maximum Gasteiger partial charge on any atom is 0.268 e. The van der Waals surface area contributed by atoms with Crippen molar-refractivity contribution in [2.75, 3.05) is 34.3 Å². The number of rotatable bonds is 7. The van der Waals surface area contributed by atoms with Gasteiger partial charge in [0.15, 0.2) is 5.78 Å². The van der Waals surface area contributed by atoms with Crippen LogP contribution < -0.4 is 4.89 Å². The highest BCUT2D eigenvalue weighted by molar-refractivity contribution is 7.45. The summed E-state index contributed by atoms with van der Waals surface area (Å²) in [5, 5.41) is 0. The number of hydrogen-bond acceptors (Lipinski definition) is 5. The number of phosphoric ester groups is 1. The van der Waals surface area contributed by atoms with Crippen LogP contribution in [0.4, 0.5) is 0 Å². The van der Waals surface area contributed by atoms with Crippen LogP contribution in [0, 0.1) is 0 Å². The Morgan fingerprint density at radius 1 is 1.44 bits per heavy atom. The van der Waals surface area contributed by atoms with E-state index in [-0.39, 0.29) is 12.4 Å². The number of quaternary nitrogens is 1. The average molecular weight is 253 g/mol. The summed E-state index contributed by atoms with van der Waals surface area (Å²) in [6.45, 7) is 3.20. The molecule has 0 bridgehead atoms. The highest BCUT2D eigenvalue weighted by Crippen LogP contribution is 2.39. The molecule has 0 aromatic rings. The molecule has 6 nitrogen and oxygen atoms in total. The maximum absolute atomic E-state index is 11.3. The number of hydrogen-bond donors (Lipinski definition) is 0. The van der Waals surface area contributed by atoms with Gasteiger partial charge in [0.05, 0.1) is 21.1 Å². The van der Waals surface area contributed by atoms with E-state index in [1.807, 2.05) is 21.1 Å².